The summed E-state index contributed by atoms with van der Waals surface area (Å²) in [6.07, 6.45) is 0. The molecular weight excluding hydrogens is 302 g/mol. The molecule has 0 spiro atoms. The molecule has 1 heterocycles. The van der Waals surface area contributed by atoms with Gasteiger partial charge in [0.05, 0.1) is 12.3 Å². The summed E-state index contributed by atoms with van der Waals surface area (Å²) in [5.74, 6) is 0.710. The van der Waals surface area contributed by atoms with Crippen LogP contribution in [0, 0.1) is 20.8 Å². The molecule has 2 aromatic carbocycles. The standard InChI is InChI=1S/C20H21NO3/c1-5-23-17-9-7-6-8-16(17)21-20(22)19-14(4)15-10-12(2)13(3)11-18(15)24-19/h6-11H,5H2,1-4H3,(H,21,22). The first-order valence-electron chi connectivity index (χ1n) is 8.04. The first-order valence-corrected chi connectivity index (χ1v) is 8.04. The highest BCUT2D eigenvalue weighted by Crippen LogP contribution is 2.30. The van der Waals surface area contributed by atoms with Crippen LogP contribution in [0.1, 0.15) is 34.2 Å². The predicted molar refractivity (Wildman–Crippen MR) is 96.0 cm³/mol. The lowest BCUT2D eigenvalue weighted by Crippen LogP contribution is -2.13. The van der Waals surface area contributed by atoms with Crippen molar-refractivity contribution in [2.75, 3.05) is 11.9 Å². The fourth-order valence-corrected chi connectivity index (χ4v) is 2.72. The van der Waals surface area contributed by atoms with E-state index in [1.807, 2.05) is 51.1 Å². The van der Waals surface area contributed by atoms with E-state index in [9.17, 15) is 4.79 Å². The van der Waals surface area contributed by atoms with E-state index in [1.165, 1.54) is 5.56 Å². The zero-order valence-electron chi connectivity index (χ0n) is 14.4. The average Bonchev–Trinajstić information content (AvgIpc) is 2.87. The second kappa shape index (κ2) is 6.40. The maximum Gasteiger partial charge on any atom is 0.291 e. The van der Waals surface area contributed by atoms with E-state index in [0.29, 0.717) is 23.8 Å². The second-order valence-electron chi connectivity index (χ2n) is 5.87. The summed E-state index contributed by atoms with van der Waals surface area (Å²) in [5, 5.41) is 3.86. The topological polar surface area (TPSA) is 51.5 Å². The molecule has 3 aromatic rings. The van der Waals surface area contributed by atoms with Crippen LogP contribution in [0.4, 0.5) is 5.69 Å². The number of hydrogen-bond donors (Lipinski definition) is 1. The SMILES string of the molecule is CCOc1ccccc1NC(=O)c1oc2cc(C)c(C)cc2c1C. The molecule has 0 saturated heterocycles. The Labute approximate surface area is 141 Å². The van der Waals surface area contributed by atoms with Gasteiger partial charge in [-0.1, -0.05) is 12.1 Å². The van der Waals surface area contributed by atoms with Crippen LogP contribution in [0.5, 0.6) is 5.75 Å². The van der Waals surface area contributed by atoms with Gasteiger partial charge in [-0.05, 0) is 63.1 Å². The number of rotatable bonds is 4. The number of benzene rings is 2. The molecule has 0 fully saturated rings. The highest BCUT2D eigenvalue weighted by atomic mass is 16.5. The third kappa shape index (κ3) is 2.87. The molecule has 24 heavy (non-hydrogen) atoms. The number of carbonyl (C=O) groups is 1. The lowest BCUT2D eigenvalue weighted by molar-refractivity contribution is 0.0997. The number of furan rings is 1. The monoisotopic (exact) mass is 323 g/mol. The number of nitrogens with one attached hydrogen (secondary N) is 1. The van der Waals surface area contributed by atoms with Crippen molar-refractivity contribution >= 4 is 22.6 Å². The minimum atomic E-state index is -0.272. The summed E-state index contributed by atoms with van der Waals surface area (Å²) in [6.45, 7) is 8.44. The molecule has 3 rings (SSSR count). The second-order valence-corrected chi connectivity index (χ2v) is 5.87. The van der Waals surface area contributed by atoms with Gasteiger partial charge in [0.1, 0.15) is 11.3 Å². The summed E-state index contributed by atoms with van der Waals surface area (Å²) < 4.78 is 11.4. The Morgan fingerprint density at radius 3 is 2.58 bits per heavy atom. The Balaban J connectivity index is 1.96. The highest BCUT2D eigenvalue weighted by Gasteiger charge is 2.19. The molecule has 0 aliphatic rings. The number of carbonyl (C=O) groups excluding carboxylic acids is 1. The number of aryl methyl sites for hydroxylation is 3. The number of para-hydroxylation sites is 2. The normalized spacial score (nSPS) is 10.8. The van der Waals surface area contributed by atoms with Crippen LogP contribution >= 0.6 is 0 Å². The van der Waals surface area contributed by atoms with Gasteiger partial charge in [-0.2, -0.15) is 0 Å². The number of amides is 1. The third-order valence-corrected chi connectivity index (χ3v) is 4.19. The lowest BCUT2D eigenvalue weighted by Gasteiger charge is -2.10. The van der Waals surface area contributed by atoms with Gasteiger partial charge in [0.15, 0.2) is 5.76 Å². The first kappa shape index (κ1) is 16.1. The largest absolute Gasteiger partial charge is 0.492 e. The molecule has 4 heteroatoms. The fraction of sp³-hybridized carbons (Fsp3) is 0.250. The van der Waals surface area contributed by atoms with Crippen LogP contribution in [-0.2, 0) is 0 Å². The molecule has 1 aromatic heterocycles. The van der Waals surface area contributed by atoms with Crippen molar-refractivity contribution in [3.05, 3.63) is 58.8 Å². The van der Waals surface area contributed by atoms with E-state index >= 15 is 0 Å². The van der Waals surface area contributed by atoms with Crippen LogP contribution < -0.4 is 10.1 Å². The number of anilines is 1. The van der Waals surface area contributed by atoms with Gasteiger partial charge in [-0.3, -0.25) is 4.79 Å². The van der Waals surface area contributed by atoms with Crippen LogP contribution in [0.25, 0.3) is 11.0 Å². The van der Waals surface area contributed by atoms with Gasteiger partial charge >= 0.3 is 0 Å². The Bertz CT molecular complexity index is 909. The minimum absolute atomic E-state index is 0.272. The van der Waals surface area contributed by atoms with Gasteiger partial charge < -0.3 is 14.5 Å². The van der Waals surface area contributed by atoms with Crippen LogP contribution in [0.3, 0.4) is 0 Å². The number of hydrogen-bond acceptors (Lipinski definition) is 3. The molecule has 0 unspecified atom stereocenters. The summed E-state index contributed by atoms with van der Waals surface area (Å²) in [5.41, 5.74) is 4.54. The van der Waals surface area contributed by atoms with E-state index in [2.05, 4.69) is 18.3 Å². The van der Waals surface area contributed by atoms with Crippen molar-refractivity contribution in [2.24, 2.45) is 0 Å². The smallest absolute Gasteiger partial charge is 0.291 e. The summed E-state index contributed by atoms with van der Waals surface area (Å²) >= 11 is 0. The lowest BCUT2D eigenvalue weighted by atomic mass is 10.0. The van der Waals surface area contributed by atoms with Crippen LogP contribution in [-0.4, -0.2) is 12.5 Å². The number of fused-ring (bicyclic) bond motifs is 1. The highest BCUT2D eigenvalue weighted by molar-refractivity contribution is 6.07. The van der Waals surface area contributed by atoms with Crippen LogP contribution in [0.15, 0.2) is 40.8 Å². The zero-order chi connectivity index (χ0) is 17.3. The Hall–Kier alpha value is -2.75. The minimum Gasteiger partial charge on any atom is -0.492 e. The molecule has 4 nitrogen and oxygen atoms in total. The molecule has 124 valence electrons. The van der Waals surface area contributed by atoms with E-state index in [-0.39, 0.29) is 5.91 Å². The van der Waals surface area contributed by atoms with Gasteiger partial charge in [0.25, 0.3) is 5.91 Å². The fourth-order valence-electron chi connectivity index (χ4n) is 2.72. The quantitative estimate of drug-likeness (QED) is 0.734. The summed E-state index contributed by atoms with van der Waals surface area (Å²) in [7, 11) is 0. The average molecular weight is 323 g/mol. The van der Waals surface area contributed by atoms with Crippen molar-refractivity contribution in [3.63, 3.8) is 0 Å². The van der Waals surface area contributed by atoms with E-state index in [4.69, 9.17) is 9.15 Å². The summed E-state index contributed by atoms with van der Waals surface area (Å²) in [4.78, 5) is 12.7. The van der Waals surface area contributed by atoms with Crippen molar-refractivity contribution in [2.45, 2.75) is 27.7 Å². The molecule has 0 bridgehead atoms. The first-order chi connectivity index (χ1) is 11.5. The van der Waals surface area contributed by atoms with Crippen molar-refractivity contribution in [3.8, 4) is 5.75 Å². The molecule has 1 amide bonds. The molecule has 0 aliphatic carbocycles. The molecule has 0 saturated carbocycles. The number of ether oxygens (including phenoxy) is 1. The molecule has 0 atom stereocenters. The van der Waals surface area contributed by atoms with Crippen molar-refractivity contribution in [1.82, 2.24) is 0 Å². The molecule has 0 aliphatic heterocycles. The maximum absolute atomic E-state index is 12.7. The predicted octanol–water partition coefficient (Wildman–Crippen LogP) is 5.01. The van der Waals surface area contributed by atoms with Gasteiger partial charge in [0.2, 0.25) is 0 Å². The van der Waals surface area contributed by atoms with Gasteiger partial charge in [-0.15, -0.1) is 0 Å². The Kier molecular flexibility index (Phi) is 4.30. The van der Waals surface area contributed by atoms with Gasteiger partial charge in [0, 0.05) is 10.9 Å². The van der Waals surface area contributed by atoms with E-state index < -0.39 is 0 Å². The summed E-state index contributed by atoms with van der Waals surface area (Å²) in [6, 6.07) is 11.4. The third-order valence-electron chi connectivity index (χ3n) is 4.19. The van der Waals surface area contributed by atoms with E-state index in [1.54, 1.807) is 0 Å². The maximum atomic E-state index is 12.7. The van der Waals surface area contributed by atoms with Crippen molar-refractivity contribution < 1.29 is 13.9 Å². The van der Waals surface area contributed by atoms with E-state index in [0.717, 1.165) is 22.1 Å². The van der Waals surface area contributed by atoms with Crippen molar-refractivity contribution in [1.29, 1.82) is 0 Å². The zero-order valence-corrected chi connectivity index (χ0v) is 14.4. The Morgan fingerprint density at radius 2 is 1.83 bits per heavy atom. The van der Waals surface area contributed by atoms with Crippen LogP contribution in [0.2, 0.25) is 0 Å². The Morgan fingerprint density at radius 1 is 1.12 bits per heavy atom. The molecular formula is C20H21NO3. The molecule has 0 radical (unpaired) electrons. The molecule has 1 N–H and O–H groups in total. The van der Waals surface area contributed by atoms with Gasteiger partial charge in [-0.25, -0.2) is 0 Å².